The number of rotatable bonds is 7. The fraction of sp³-hybridized carbons (Fsp3) is 0.417. The van der Waals surface area contributed by atoms with Gasteiger partial charge in [0.25, 0.3) is 10.0 Å². The fourth-order valence-electron chi connectivity index (χ4n) is 5.55. The van der Waals surface area contributed by atoms with Crippen LogP contribution in [0.25, 0.3) is 0 Å². The monoisotopic (exact) mass is 483 g/mol. The molecule has 3 aromatic rings. The maximum absolute atomic E-state index is 12.7. The average molecular weight is 484 g/mol. The van der Waals surface area contributed by atoms with Gasteiger partial charge in [-0.15, -0.1) is 11.3 Å². The number of fused-ring (bicyclic) bond motifs is 2. The van der Waals surface area contributed by atoms with Gasteiger partial charge in [-0.3, -0.25) is 9.62 Å². The number of anilines is 2. The second kappa shape index (κ2) is 9.04. The number of pyridine rings is 1. The summed E-state index contributed by atoms with van der Waals surface area (Å²) in [6, 6.07) is 12.8. The molecule has 3 heterocycles. The van der Waals surface area contributed by atoms with Crippen LogP contribution < -0.4 is 9.62 Å². The van der Waals surface area contributed by atoms with Gasteiger partial charge in [0, 0.05) is 38.1 Å². The van der Waals surface area contributed by atoms with Crippen molar-refractivity contribution in [2.45, 2.75) is 37.4 Å². The van der Waals surface area contributed by atoms with Crippen molar-refractivity contribution < 1.29 is 8.42 Å². The zero-order valence-electron chi connectivity index (χ0n) is 18.9. The number of aromatic nitrogens is 2. The minimum Gasteiger partial charge on any atom is -0.369 e. The third-order valence-corrected chi connectivity index (χ3v) is 8.78. The third-order valence-electron chi connectivity index (χ3n) is 6.94. The van der Waals surface area contributed by atoms with Crippen molar-refractivity contribution in [1.82, 2.24) is 14.9 Å². The van der Waals surface area contributed by atoms with E-state index in [-0.39, 0.29) is 5.03 Å². The highest BCUT2D eigenvalue weighted by Crippen LogP contribution is 2.42. The smallest absolute Gasteiger partial charge is 0.280 e. The number of nitrogens with one attached hydrogen (secondary N) is 1. The van der Waals surface area contributed by atoms with Crippen LogP contribution >= 0.6 is 11.3 Å². The van der Waals surface area contributed by atoms with Crippen molar-refractivity contribution in [1.29, 1.82) is 0 Å². The SMILES string of the molecule is Cc1cc(S(=O)(=O)Nc2cscn2)ncc1N(C)[C@H]1[C@@H]2CC[C@H]1CN(Cc1ccccc1)C2. The molecule has 0 spiro atoms. The second-order valence-corrected chi connectivity index (χ2v) is 11.5. The van der Waals surface area contributed by atoms with Crippen LogP contribution in [0.1, 0.15) is 24.0 Å². The number of thiazole rings is 1. The summed E-state index contributed by atoms with van der Waals surface area (Å²) in [6.07, 6.45) is 4.18. The Kier molecular flexibility index (Phi) is 6.11. The van der Waals surface area contributed by atoms with Crippen molar-refractivity contribution in [3.05, 3.63) is 64.6 Å². The van der Waals surface area contributed by atoms with E-state index in [9.17, 15) is 8.42 Å². The molecular weight excluding hydrogens is 454 g/mol. The van der Waals surface area contributed by atoms with Crippen LogP contribution in [0, 0.1) is 18.8 Å². The van der Waals surface area contributed by atoms with Crippen LogP contribution in [0.2, 0.25) is 0 Å². The topological polar surface area (TPSA) is 78.4 Å². The quantitative estimate of drug-likeness (QED) is 0.547. The highest BCUT2D eigenvalue weighted by atomic mass is 32.2. The molecule has 0 unspecified atom stereocenters. The largest absolute Gasteiger partial charge is 0.369 e. The number of sulfonamides is 1. The maximum Gasteiger partial charge on any atom is 0.280 e. The molecule has 0 radical (unpaired) electrons. The fourth-order valence-corrected chi connectivity index (χ4v) is 7.12. The molecule has 3 atom stereocenters. The molecule has 2 aromatic heterocycles. The number of hydrogen-bond donors (Lipinski definition) is 1. The molecule has 7 nitrogen and oxygen atoms in total. The number of likely N-dealkylation sites (tertiary alicyclic amines) is 1. The lowest BCUT2D eigenvalue weighted by Gasteiger charge is -2.43. The summed E-state index contributed by atoms with van der Waals surface area (Å²) in [4.78, 5) is 13.3. The lowest BCUT2D eigenvalue weighted by atomic mass is 9.90. The molecule has 9 heteroatoms. The number of benzene rings is 1. The Balaban J connectivity index is 1.30. The van der Waals surface area contributed by atoms with Gasteiger partial charge in [0.1, 0.15) is 0 Å². The van der Waals surface area contributed by atoms with Gasteiger partial charge in [0.15, 0.2) is 10.8 Å². The maximum atomic E-state index is 12.7. The zero-order chi connectivity index (χ0) is 23.0. The zero-order valence-corrected chi connectivity index (χ0v) is 20.5. The standard InChI is InChI=1S/C24H29N5O2S2/c1-17-10-23(33(30,31)27-22-15-32-16-26-22)25-11-21(17)28(2)24-19-8-9-20(24)14-29(13-19)12-18-6-4-3-5-7-18/h3-7,10-11,15-16,19-20,24,27H,8-9,12-14H2,1-2H3/t19-,20+,24+. The highest BCUT2D eigenvalue weighted by molar-refractivity contribution is 7.92. The van der Waals surface area contributed by atoms with Crippen LogP contribution in [-0.2, 0) is 16.6 Å². The summed E-state index contributed by atoms with van der Waals surface area (Å²) < 4.78 is 27.9. The van der Waals surface area contributed by atoms with Crippen LogP contribution in [0.15, 0.2) is 58.5 Å². The Morgan fingerprint density at radius 2 is 1.88 bits per heavy atom. The van der Waals surface area contributed by atoms with E-state index in [0.29, 0.717) is 23.7 Å². The van der Waals surface area contributed by atoms with Crippen molar-refractivity contribution in [3.63, 3.8) is 0 Å². The molecule has 1 aliphatic carbocycles. The van der Waals surface area contributed by atoms with Gasteiger partial charge < -0.3 is 4.90 Å². The Labute approximate surface area is 199 Å². The van der Waals surface area contributed by atoms with Crippen molar-refractivity contribution in [2.75, 3.05) is 29.8 Å². The summed E-state index contributed by atoms with van der Waals surface area (Å²) in [7, 11) is -1.63. The molecule has 1 saturated carbocycles. The summed E-state index contributed by atoms with van der Waals surface area (Å²) in [6.45, 7) is 5.15. The average Bonchev–Trinajstić information content (AvgIpc) is 3.39. The minimum absolute atomic E-state index is 0.0193. The van der Waals surface area contributed by atoms with E-state index >= 15 is 0 Å². The van der Waals surface area contributed by atoms with Crippen molar-refractivity contribution in [2.24, 2.45) is 11.8 Å². The number of hydrogen-bond acceptors (Lipinski definition) is 7. The van der Waals surface area contributed by atoms with Gasteiger partial charge in [-0.2, -0.15) is 8.42 Å². The molecule has 2 bridgehead atoms. The van der Waals surface area contributed by atoms with E-state index in [1.165, 1.54) is 29.7 Å². The summed E-state index contributed by atoms with van der Waals surface area (Å²) in [5.41, 5.74) is 4.87. The van der Waals surface area contributed by atoms with Gasteiger partial charge in [-0.05, 0) is 48.8 Å². The van der Waals surface area contributed by atoms with Crippen LogP contribution in [0.5, 0.6) is 0 Å². The summed E-state index contributed by atoms with van der Waals surface area (Å²) in [5.74, 6) is 1.53. The van der Waals surface area contributed by atoms with E-state index < -0.39 is 10.0 Å². The molecule has 1 saturated heterocycles. The molecule has 1 N–H and O–H groups in total. The lowest BCUT2D eigenvalue weighted by molar-refractivity contribution is 0.138. The summed E-state index contributed by atoms with van der Waals surface area (Å²) in [5, 5.41) is 1.68. The Bertz CT molecular complexity index is 1190. The number of nitrogens with zero attached hydrogens (tertiary/aromatic N) is 4. The van der Waals surface area contributed by atoms with Crippen molar-refractivity contribution >= 4 is 32.9 Å². The molecule has 2 aliphatic rings. The Morgan fingerprint density at radius 1 is 1.15 bits per heavy atom. The normalized spacial score (nSPS) is 22.9. The van der Waals surface area contributed by atoms with Gasteiger partial charge in [0.05, 0.1) is 17.4 Å². The number of aryl methyl sites for hydroxylation is 1. The minimum atomic E-state index is -3.76. The van der Waals surface area contributed by atoms with Gasteiger partial charge in [-0.25, -0.2) is 9.97 Å². The molecule has 174 valence electrons. The molecule has 2 fully saturated rings. The van der Waals surface area contributed by atoms with E-state index in [1.807, 2.05) is 6.92 Å². The lowest BCUT2D eigenvalue weighted by Crippen LogP contribution is -2.51. The first kappa shape index (κ1) is 22.3. The van der Waals surface area contributed by atoms with Crippen LogP contribution in [0.3, 0.4) is 0 Å². The summed E-state index contributed by atoms with van der Waals surface area (Å²) >= 11 is 1.34. The van der Waals surface area contributed by atoms with Gasteiger partial charge in [-0.1, -0.05) is 30.3 Å². The molecule has 1 aromatic carbocycles. The van der Waals surface area contributed by atoms with E-state index in [1.54, 1.807) is 23.2 Å². The first-order valence-electron chi connectivity index (χ1n) is 11.3. The molecule has 1 aliphatic heterocycles. The van der Waals surface area contributed by atoms with Crippen molar-refractivity contribution in [3.8, 4) is 0 Å². The van der Waals surface area contributed by atoms with E-state index in [0.717, 1.165) is 30.9 Å². The van der Waals surface area contributed by atoms with E-state index in [2.05, 4.69) is 61.9 Å². The molecular formula is C24H29N5O2S2. The highest BCUT2D eigenvalue weighted by Gasteiger charge is 2.44. The first-order valence-corrected chi connectivity index (χ1v) is 13.7. The Hall–Kier alpha value is -2.49. The van der Waals surface area contributed by atoms with Crippen LogP contribution in [0.4, 0.5) is 11.5 Å². The predicted octanol–water partition coefficient (Wildman–Crippen LogP) is 3.99. The molecule has 5 rings (SSSR count). The number of piperidine rings is 1. The van der Waals surface area contributed by atoms with Crippen LogP contribution in [-0.4, -0.2) is 49.5 Å². The van der Waals surface area contributed by atoms with Gasteiger partial charge in [0.2, 0.25) is 0 Å². The third kappa shape index (κ3) is 4.62. The second-order valence-electron chi connectivity index (χ2n) is 9.17. The first-order chi connectivity index (χ1) is 15.9. The molecule has 33 heavy (non-hydrogen) atoms. The van der Waals surface area contributed by atoms with E-state index in [4.69, 9.17) is 0 Å². The Morgan fingerprint density at radius 3 is 2.52 bits per heavy atom. The molecule has 0 amide bonds. The predicted molar refractivity (Wildman–Crippen MR) is 132 cm³/mol. The van der Waals surface area contributed by atoms with Gasteiger partial charge >= 0.3 is 0 Å².